The molecule has 0 aliphatic heterocycles. The molecular formula is C6H2F8O. The van der Waals surface area contributed by atoms with Gasteiger partial charge in [0.1, 0.15) is 0 Å². The van der Waals surface area contributed by atoms with E-state index in [1.165, 1.54) is 0 Å². The first kappa shape index (κ1) is 13.9. The summed E-state index contributed by atoms with van der Waals surface area (Å²) in [4.78, 5) is 0. The maximum absolute atomic E-state index is 12.1. The summed E-state index contributed by atoms with van der Waals surface area (Å²) in [6.45, 7) is 0. The minimum absolute atomic E-state index is 1.23. The Morgan fingerprint density at radius 2 is 1.00 bits per heavy atom. The van der Waals surface area contributed by atoms with Gasteiger partial charge in [0.2, 0.25) is 0 Å². The van der Waals surface area contributed by atoms with E-state index >= 15 is 0 Å². The second-order valence-electron chi connectivity index (χ2n) is 2.09. The van der Waals surface area contributed by atoms with Gasteiger partial charge in [-0.15, -0.1) is 0 Å². The van der Waals surface area contributed by atoms with Crippen molar-refractivity contribution >= 4 is 0 Å². The minimum Gasteiger partial charge on any atom is -0.248 e. The summed E-state index contributed by atoms with van der Waals surface area (Å²) in [5.74, 6) is 0. The van der Waals surface area contributed by atoms with Crippen LogP contribution >= 0.6 is 0 Å². The van der Waals surface area contributed by atoms with Crippen LogP contribution in [0, 0.1) is 0 Å². The molecule has 0 aromatic carbocycles. The van der Waals surface area contributed by atoms with Gasteiger partial charge in [0.05, 0.1) is 12.2 Å². The van der Waals surface area contributed by atoms with Crippen LogP contribution in [0.1, 0.15) is 0 Å². The van der Waals surface area contributed by atoms with Crippen molar-refractivity contribution in [2.24, 2.45) is 0 Å². The van der Waals surface area contributed by atoms with Crippen LogP contribution in [0.15, 0.2) is 24.3 Å². The summed E-state index contributed by atoms with van der Waals surface area (Å²) in [6.07, 6.45) is -18.5. The van der Waals surface area contributed by atoms with Crippen molar-refractivity contribution in [3.63, 3.8) is 0 Å². The summed E-state index contributed by atoms with van der Waals surface area (Å²) >= 11 is 0. The van der Waals surface area contributed by atoms with Crippen LogP contribution in [-0.2, 0) is 4.74 Å². The lowest BCUT2D eigenvalue weighted by molar-refractivity contribution is -0.334. The Balaban J connectivity index is 4.72. The first-order valence-electron chi connectivity index (χ1n) is 3.07. The molecule has 1 nitrogen and oxygen atoms in total. The summed E-state index contributed by atoms with van der Waals surface area (Å²) in [7, 11) is 0. The summed E-state index contributed by atoms with van der Waals surface area (Å²) in [5.41, 5.74) is 0. The van der Waals surface area contributed by atoms with Gasteiger partial charge in [-0.05, 0) is 0 Å². The fourth-order valence-electron chi connectivity index (χ4n) is 0.494. The van der Waals surface area contributed by atoms with Crippen molar-refractivity contribution in [3.8, 4) is 0 Å². The van der Waals surface area contributed by atoms with Crippen LogP contribution in [0.2, 0.25) is 0 Å². The Bertz CT molecular complexity index is 245. The molecule has 0 aliphatic rings. The molecule has 0 unspecified atom stereocenters. The maximum Gasteiger partial charge on any atom is 0.386 e. The van der Waals surface area contributed by atoms with Gasteiger partial charge in [-0.2, -0.15) is 35.1 Å². The number of alkyl halides is 4. The molecule has 0 bridgehead atoms. The van der Waals surface area contributed by atoms with Gasteiger partial charge in [0.25, 0.3) is 12.2 Å². The monoisotopic (exact) mass is 242 g/mol. The number of halogens is 8. The number of ether oxygens (including phenoxy) is 1. The molecule has 0 amide bonds. The molecule has 0 heterocycles. The molecule has 0 spiro atoms. The lowest BCUT2D eigenvalue weighted by Gasteiger charge is -2.17. The van der Waals surface area contributed by atoms with E-state index in [0.717, 1.165) is 0 Å². The van der Waals surface area contributed by atoms with Gasteiger partial charge in [-0.25, -0.2) is 4.74 Å². The molecular weight excluding hydrogens is 240 g/mol. The zero-order valence-electron chi connectivity index (χ0n) is 6.59. The fraction of sp³-hybridized carbons (Fsp3) is 0.333. The van der Waals surface area contributed by atoms with Crippen molar-refractivity contribution in [2.75, 3.05) is 0 Å². The SMILES string of the molecule is FC(F)=CC(F)(F)OC(F)(F)C=C(F)F. The summed E-state index contributed by atoms with van der Waals surface area (Å²) in [5, 5.41) is 0. The molecule has 0 atom stereocenters. The Morgan fingerprint density at radius 3 is 1.20 bits per heavy atom. The van der Waals surface area contributed by atoms with E-state index in [1.54, 1.807) is 0 Å². The molecule has 0 N–H and O–H groups in total. The third-order valence-electron chi connectivity index (χ3n) is 0.826. The van der Waals surface area contributed by atoms with Gasteiger partial charge in [-0.3, -0.25) is 0 Å². The quantitative estimate of drug-likeness (QED) is 0.682. The van der Waals surface area contributed by atoms with Crippen LogP contribution in [0.3, 0.4) is 0 Å². The van der Waals surface area contributed by atoms with E-state index in [4.69, 9.17) is 0 Å². The zero-order valence-corrected chi connectivity index (χ0v) is 6.59. The second-order valence-corrected chi connectivity index (χ2v) is 2.09. The second kappa shape index (κ2) is 4.60. The van der Waals surface area contributed by atoms with E-state index < -0.39 is 36.5 Å². The molecule has 0 saturated heterocycles. The van der Waals surface area contributed by atoms with Crippen LogP contribution in [0.25, 0.3) is 0 Å². The van der Waals surface area contributed by atoms with E-state index in [-0.39, 0.29) is 0 Å². The Hall–Kier alpha value is -1.12. The predicted octanol–water partition coefficient (Wildman–Crippen LogP) is 3.75. The highest BCUT2D eigenvalue weighted by atomic mass is 19.3. The number of hydrogen-bond acceptors (Lipinski definition) is 1. The van der Waals surface area contributed by atoms with Crippen LogP contribution in [0.4, 0.5) is 35.1 Å². The standard InChI is InChI=1S/C6H2F8O/c7-3(8)1-5(11,12)15-6(13,14)2-4(9)10/h1-2H. The first-order valence-corrected chi connectivity index (χ1v) is 3.07. The third kappa shape index (κ3) is 6.89. The van der Waals surface area contributed by atoms with Crippen molar-refractivity contribution in [3.05, 3.63) is 24.3 Å². The smallest absolute Gasteiger partial charge is 0.248 e. The van der Waals surface area contributed by atoms with Gasteiger partial charge >= 0.3 is 12.2 Å². The highest BCUT2D eigenvalue weighted by Gasteiger charge is 2.42. The van der Waals surface area contributed by atoms with Gasteiger partial charge in [0.15, 0.2) is 0 Å². The van der Waals surface area contributed by atoms with Gasteiger partial charge in [0, 0.05) is 0 Å². The van der Waals surface area contributed by atoms with Crippen LogP contribution in [0.5, 0.6) is 0 Å². The van der Waals surface area contributed by atoms with Crippen molar-refractivity contribution in [2.45, 2.75) is 12.2 Å². The molecule has 88 valence electrons. The van der Waals surface area contributed by atoms with E-state index in [2.05, 4.69) is 4.74 Å². The summed E-state index contributed by atoms with van der Waals surface area (Å²) < 4.78 is 95.9. The molecule has 9 heteroatoms. The zero-order chi connectivity index (χ0) is 12.3. The molecule has 0 aromatic rings. The average Bonchev–Trinajstić information content (AvgIpc) is 1.73. The molecule has 0 rings (SSSR count). The molecule has 0 radical (unpaired) electrons. The Labute approximate surface area is 77.6 Å². The number of hydrogen-bond donors (Lipinski definition) is 0. The Kier molecular flexibility index (Phi) is 4.26. The topological polar surface area (TPSA) is 9.23 Å². The van der Waals surface area contributed by atoms with E-state index in [1.807, 2.05) is 0 Å². The fourth-order valence-corrected chi connectivity index (χ4v) is 0.494. The molecule has 0 aromatic heterocycles. The van der Waals surface area contributed by atoms with Gasteiger partial charge < -0.3 is 0 Å². The maximum atomic E-state index is 12.1. The Morgan fingerprint density at radius 1 is 0.733 bits per heavy atom. The van der Waals surface area contributed by atoms with Crippen molar-refractivity contribution in [1.82, 2.24) is 0 Å². The van der Waals surface area contributed by atoms with E-state index in [9.17, 15) is 35.1 Å². The van der Waals surface area contributed by atoms with Gasteiger partial charge in [-0.1, -0.05) is 0 Å². The van der Waals surface area contributed by atoms with E-state index in [0.29, 0.717) is 0 Å². The third-order valence-corrected chi connectivity index (χ3v) is 0.826. The normalized spacial score (nSPS) is 12.3. The lowest BCUT2D eigenvalue weighted by Crippen LogP contribution is -2.30. The molecule has 15 heavy (non-hydrogen) atoms. The van der Waals surface area contributed by atoms with Crippen LogP contribution < -0.4 is 0 Å². The minimum atomic E-state index is -5.05. The van der Waals surface area contributed by atoms with Crippen LogP contribution in [-0.4, -0.2) is 12.2 Å². The predicted molar refractivity (Wildman–Crippen MR) is 31.6 cm³/mol. The molecule has 0 fully saturated rings. The van der Waals surface area contributed by atoms with Crippen molar-refractivity contribution in [1.29, 1.82) is 0 Å². The summed E-state index contributed by atoms with van der Waals surface area (Å²) in [6, 6.07) is 0. The highest BCUT2D eigenvalue weighted by Crippen LogP contribution is 2.31. The first-order chi connectivity index (χ1) is 6.54. The van der Waals surface area contributed by atoms with Crippen molar-refractivity contribution < 1.29 is 39.9 Å². The molecule has 0 aliphatic carbocycles. The molecule has 0 saturated carbocycles. The highest BCUT2D eigenvalue weighted by molar-refractivity contribution is 4.94. The lowest BCUT2D eigenvalue weighted by atomic mass is 10.5. The average molecular weight is 242 g/mol. The largest absolute Gasteiger partial charge is 0.386 e. The number of rotatable bonds is 4.